The molecule has 234 valence electrons. The van der Waals surface area contributed by atoms with Gasteiger partial charge in [-0.2, -0.15) is 0 Å². The van der Waals surface area contributed by atoms with Crippen molar-refractivity contribution in [1.82, 2.24) is 4.98 Å². The van der Waals surface area contributed by atoms with Gasteiger partial charge in [-0.15, -0.1) is 22.7 Å². The lowest BCUT2D eigenvalue weighted by atomic mass is 9.72. The van der Waals surface area contributed by atoms with Gasteiger partial charge in [-0.3, -0.25) is 24.2 Å². The first-order valence-corrected chi connectivity index (χ1v) is 16.6. The van der Waals surface area contributed by atoms with Gasteiger partial charge in [0.15, 0.2) is 0 Å². The van der Waals surface area contributed by atoms with Crippen molar-refractivity contribution >= 4 is 56.3 Å². The Morgan fingerprint density at radius 2 is 1.20 bits per heavy atom. The zero-order chi connectivity index (χ0) is 32.1. The normalized spacial score (nSPS) is 18.2. The smallest absolute Gasteiger partial charge is 0.274 e. The van der Waals surface area contributed by atoms with E-state index < -0.39 is 23.6 Å². The Hall–Kier alpha value is -3.57. The van der Waals surface area contributed by atoms with Crippen LogP contribution in [0.3, 0.4) is 0 Å². The number of hydrogen-bond donors (Lipinski definition) is 4. The standard InChI is InChI=1S/C33H41N5O4S2/c1-32(2,3)17-8-10-19-22(13-17)43-30(24(19)26(34)39)37-28(41)16-7-12-21(36-15-16)29(42)38-31-25(27(35)40)20-11-9-18(33(4,5)6)14-23(20)44-31/h7,12,15,17-18H,8-11,13-14H2,1-6H3,(H2,34,39)(H2,35,40)(H,37,41)(H,38,42). The van der Waals surface area contributed by atoms with E-state index in [9.17, 15) is 19.2 Å². The molecular weight excluding hydrogens is 595 g/mol. The van der Waals surface area contributed by atoms with E-state index >= 15 is 0 Å². The molecule has 9 nitrogen and oxygen atoms in total. The molecular formula is C33H41N5O4S2. The zero-order valence-corrected chi connectivity index (χ0v) is 27.8. The second kappa shape index (κ2) is 11.7. The summed E-state index contributed by atoms with van der Waals surface area (Å²) in [6.45, 7) is 13.3. The summed E-state index contributed by atoms with van der Waals surface area (Å²) in [7, 11) is 0. The van der Waals surface area contributed by atoms with Crippen LogP contribution in [0.5, 0.6) is 0 Å². The molecule has 2 aliphatic carbocycles. The average molecular weight is 636 g/mol. The van der Waals surface area contributed by atoms with Gasteiger partial charge >= 0.3 is 0 Å². The minimum Gasteiger partial charge on any atom is -0.365 e. The molecule has 6 N–H and O–H groups in total. The van der Waals surface area contributed by atoms with Crippen LogP contribution in [-0.2, 0) is 25.7 Å². The summed E-state index contributed by atoms with van der Waals surface area (Å²) in [6.07, 6.45) is 6.40. The van der Waals surface area contributed by atoms with Crippen LogP contribution < -0.4 is 22.1 Å². The number of amides is 4. The molecule has 0 spiro atoms. The maximum Gasteiger partial charge on any atom is 0.274 e. The number of pyridine rings is 1. The van der Waals surface area contributed by atoms with Crippen LogP contribution >= 0.6 is 22.7 Å². The summed E-state index contributed by atoms with van der Waals surface area (Å²) in [5.74, 6) is -1.13. The predicted molar refractivity (Wildman–Crippen MR) is 176 cm³/mol. The number of carbonyl (C=O) groups is 4. The summed E-state index contributed by atoms with van der Waals surface area (Å²) < 4.78 is 0. The number of aromatic nitrogens is 1. The largest absolute Gasteiger partial charge is 0.365 e. The van der Waals surface area contributed by atoms with Crippen LogP contribution in [0, 0.1) is 22.7 Å². The van der Waals surface area contributed by atoms with Crippen molar-refractivity contribution in [2.24, 2.45) is 34.1 Å². The molecule has 5 rings (SSSR count). The topological polar surface area (TPSA) is 157 Å². The maximum absolute atomic E-state index is 13.2. The van der Waals surface area contributed by atoms with Crippen LogP contribution in [0.4, 0.5) is 10.0 Å². The van der Waals surface area contributed by atoms with E-state index in [1.807, 2.05) is 0 Å². The number of thiophene rings is 2. The van der Waals surface area contributed by atoms with Gasteiger partial charge in [0.2, 0.25) is 0 Å². The molecule has 2 aliphatic rings. The number of nitrogens with one attached hydrogen (secondary N) is 2. The molecule has 0 fully saturated rings. The summed E-state index contributed by atoms with van der Waals surface area (Å²) in [6, 6.07) is 2.96. The zero-order valence-electron chi connectivity index (χ0n) is 26.2. The van der Waals surface area contributed by atoms with Gasteiger partial charge < -0.3 is 22.1 Å². The lowest BCUT2D eigenvalue weighted by Gasteiger charge is -2.33. The highest BCUT2D eigenvalue weighted by Crippen LogP contribution is 2.45. The summed E-state index contributed by atoms with van der Waals surface area (Å²) in [5, 5.41) is 6.57. The lowest BCUT2D eigenvalue weighted by molar-refractivity contribution is 0.0988. The number of rotatable bonds is 6. The quantitative estimate of drug-likeness (QED) is 0.253. The van der Waals surface area contributed by atoms with Gasteiger partial charge in [0.05, 0.1) is 16.7 Å². The minimum absolute atomic E-state index is 0.0912. The number of hydrogen-bond acceptors (Lipinski definition) is 7. The Labute approximate surface area is 266 Å². The van der Waals surface area contributed by atoms with E-state index in [1.54, 1.807) is 0 Å². The Bertz CT molecular complexity index is 1520. The van der Waals surface area contributed by atoms with Crippen LogP contribution in [-0.4, -0.2) is 28.6 Å². The molecule has 0 saturated carbocycles. The summed E-state index contributed by atoms with van der Waals surface area (Å²) in [4.78, 5) is 57.5. The molecule has 0 aromatic carbocycles. The lowest BCUT2D eigenvalue weighted by Crippen LogP contribution is -2.27. The Morgan fingerprint density at radius 1 is 0.750 bits per heavy atom. The molecule has 0 radical (unpaired) electrons. The molecule has 11 heteroatoms. The van der Waals surface area contributed by atoms with Gasteiger partial charge in [-0.05, 0) is 84.5 Å². The maximum atomic E-state index is 13.2. The number of fused-ring (bicyclic) bond motifs is 2. The second-order valence-corrected chi connectivity index (χ2v) is 16.3. The summed E-state index contributed by atoms with van der Waals surface area (Å²) >= 11 is 2.80. The van der Waals surface area contributed by atoms with Crippen molar-refractivity contribution in [2.75, 3.05) is 10.6 Å². The van der Waals surface area contributed by atoms with Crippen molar-refractivity contribution in [2.45, 2.75) is 80.1 Å². The minimum atomic E-state index is -0.563. The molecule has 0 bridgehead atoms. The molecule has 3 heterocycles. The molecule has 0 saturated heterocycles. The van der Waals surface area contributed by atoms with E-state index in [0.29, 0.717) is 33.0 Å². The van der Waals surface area contributed by atoms with Crippen LogP contribution in [0.15, 0.2) is 18.3 Å². The van der Waals surface area contributed by atoms with Crippen molar-refractivity contribution in [3.8, 4) is 0 Å². The Kier molecular flexibility index (Phi) is 8.50. The Balaban J connectivity index is 1.31. The number of anilines is 2. The van der Waals surface area contributed by atoms with Crippen molar-refractivity contribution in [3.05, 3.63) is 61.6 Å². The van der Waals surface area contributed by atoms with Gasteiger partial charge in [-0.25, -0.2) is 0 Å². The van der Waals surface area contributed by atoms with E-state index in [4.69, 9.17) is 11.5 Å². The fourth-order valence-electron chi connectivity index (χ4n) is 6.35. The number of primary amides is 2. The van der Waals surface area contributed by atoms with E-state index in [2.05, 4.69) is 57.2 Å². The summed E-state index contributed by atoms with van der Waals surface area (Å²) in [5.41, 5.74) is 14.7. The first-order chi connectivity index (χ1) is 20.5. The molecule has 4 amide bonds. The SMILES string of the molecule is CC(C)(C)C1CCc2c(sc(NC(=O)c3ccc(C(=O)Nc4sc5c(c4C(N)=O)CCC(C(C)(C)C)C5)nc3)c2C(N)=O)C1. The van der Waals surface area contributed by atoms with Gasteiger partial charge in [0, 0.05) is 16.0 Å². The molecule has 2 atom stereocenters. The fraction of sp³-hybridized carbons (Fsp3) is 0.485. The van der Waals surface area contributed by atoms with Gasteiger partial charge in [0.1, 0.15) is 15.7 Å². The highest BCUT2D eigenvalue weighted by atomic mass is 32.1. The van der Waals surface area contributed by atoms with E-state index in [1.165, 1.54) is 41.0 Å². The third-order valence-corrected chi connectivity index (χ3v) is 11.5. The molecule has 3 aromatic rings. The molecule has 0 aliphatic heterocycles. The molecule has 2 unspecified atom stereocenters. The molecule has 3 aromatic heterocycles. The highest BCUT2D eigenvalue weighted by molar-refractivity contribution is 7.17. The average Bonchev–Trinajstić information content (AvgIpc) is 3.48. The Morgan fingerprint density at radius 3 is 1.59 bits per heavy atom. The van der Waals surface area contributed by atoms with Crippen molar-refractivity contribution < 1.29 is 19.2 Å². The number of nitrogens with two attached hydrogens (primary N) is 2. The fourth-order valence-corrected chi connectivity index (χ4v) is 9.01. The van der Waals surface area contributed by atoms with Crippen LogP contribution in [0.2, 0.25) is 0 Å². The third kappa shape index (κ3) is 6.30. The number of nitrogens with zero attached hydrogens (tertiary/aromatic N) is 1. The van der Waals surface area contributed by atoms with Crippen LogP contribution in [0.1, 0.15) is 117 Å². The van der Waals surface area contributed by atoms with E-state index in [0.717, 1.165) is 59.4 Å². The van der Waals surface area contributed by atoms with E-state index in [-0.39, 0.29) is 22.1 Å². The molecule has 44 heavy (non-hydrogen) atoms. The monoisotopic (exact) mass is 635 g/mol. The first kappa shape index (κ1) is 31.8. The van der Waals surface area contributed by atoms with Crippen LogP contribution in [0.25, 0.3) is 0 Å². The van der Waals surface area contributed by atoms with Crippen molar-refractivity contribution in [1.29, 1.82) is 0 Å². The number of carbonyl (C=O) groups excluding carboxylic acids is 4. The predicted octanol–water partition coefficient (Wildman–Crippen LogP) is 6.21. The first-order valence-electron chi connectivity index (χ1n) is 15.0. The third-order valence-electron chi connectivity index (χ3n) is 9.19. The second-order valence-electron chi connectivity index (χ2n) is 14.1. The van der Waals surface area contributed by atoms with Crippen molar-refractivity contribution in [3.63, 3.8) is 0 Å². The van der Waals surface area contributed by atoms with Gasteiger partial charge in [0.25, 0.3) is 23.6 Å². The van der Waals surface area contributed by atoms with Gasteiger partial charge in [-0.1, -0.05) is 41.5 Å². The highest BCUT2D eigenvalue weighted by Gasteiger charge is 2.35.